The van der Waals surface area contributed by atoms with Gasteiger partial charge in [0.25, 0.3) is 5.91 Å². The Balaban J connectivity index is 1.53. The van der Waals surface area contributed by atoms with Gasteiger partial charge in [-0.2, -0.15) is 0 Å². The number of hydrogen-bond donors (Lipinski definition) is 1. The molecule has 0 aliphatic carbocycles. The zero-order valence-corrected chi connectivity index (χ0v) is 20.0. The molecule has 1 heterocycles. The maximum atomic E-state index is 12.5. The van der Waals surface area contributed by atoms with Crippen molar-refractivity contribution in [2.24, 2.45) is 5.92 Å². The molecule has 2 aromatic carbocycles. The van der Waals surface area contributed by atoms with Crippen molar-refractivity contribution in [3.05, 3.63) is 52.0 Å². The van der Waals surface area contributed by atoms with Crippen LogP contribution in [-0.4, -0.2) is 37.5 Å². The number of benzene rings is 2. The average molecular weight is 503 g/mol. The number of carbonyl (C=O) groups excluding carboxylic acids is 3. The number of rotatable bonds is 8. The SMILES string of the molecule is CCCOc1ccc(N2C[C@@H](C(=O)OCC(=O)Nc3c(C)cc(Br)cc3C)CC2=O)cc1. The molecule has 3 rings (SSSR count). The number of carbonyl (C=O) groups is 3. The largest absolute Gasteiger partial charge is 0.494 e. The van der Waals surface area contributed by atoms with Gasteiger partial charge in [-0.15, -0.1) is 0 Å². The number of esters is 1. The van der Waals surface area contributed by atoms with E-state index in [4.69, 9.17) is 9.47 Å². The van der Waals surface area contributed by atoms with Gasteiger partial charge in [0, 0.05) is 28.8 Å². The molecule has 32 heavy (non-hydrogen) atoms. The molecule has 2 amide bonds. The number of anilines is 2. The van der Waals surface area contributed by atoms with Crippen LogP contribution in [0.1, 0.15) is 30.9 Å². The summed E-state index contributed by atoms with van der Waals surface area (Å²) in [6, 6.07) is 11.0. The van der Waals surface area contributed by atoms with Gasteiger partial charge >= 0.3 is 5.97 Å². The Morgan fingerprint density at radius 1 is 1.16 bits per heavy atom. The lowest BCUT2D eigenvalue weighted by Gasteiger charge is -2.17. The van der Waals surface area contributed by atoms with Crippen LogP contribution in [0.25, 0.3) is 0 Å². The summed E-state index contributed by atoms with van der Waals surface area (Å²) in [5, 5.41) is 2.79. The Morgan fingerprint density at radius 3 is 2.44 bits per heavy atom. The molecular weight excluding hydrogens is 476 g/mol. The second-order valence-electron chi connectivity index (χ2n) is 7.82. The topological polar surface area (TPSA) is 84.9 Å². The number of aryl methyl sites for hydroxylation is 2. The number of nitrogens with zero attached hydrogens (tertiary/aromatic N) is 1. The monoisotopic (exact) mass is 502 g/mol. The highest BCUT2D eigenvalue weighted by Crippen LogP contribution is 2.28. The molecule has 1 aliphatic rings. The van der Waals surface area contributed by atoms with Crippen LogP contribution in [0.2, 0.25) is 0 Å². The predicted octanol–water partition coefficient (Wildman–Crippen LogP) is 4.39. The van der Waals surface area contributed by atoms with Gasteiger partial charge in [0.2, 0.25) is 5.91 Å². The fraction of sp³-hybridized carbons (Fsp3) is 0.375. The molecule has 0 aromatic heterocycles. The zero-order valence-electron chi connectivity index (χ0n) is 18.4. The highest BCUT2D eigenvalue weighted by atomic mass is 79.9. The molecule has 1 saturated heterocycles. The quantitative estimate of drug-likeness (QED) is 0.541. The molecular formula is C24H27BrN2O5. The summed E-state index contributed by atoms with van der Waals surface area (Å²) >= 11 is 3.42. The number of halogens is 1. The van der Waals surface area contributed by atoms with E-state index in [9.17, 15) is 14.4 Å². The molecule has 170 valence electrons. The zero-order chi connectivity index (χ0) is 23.3. The molecule has 7 nitrogen and oxygen atoms in total. The van der Waals surface area contributed by atoms with Crippen LogP contribution in [0, 0.1) is 19.8 Å². The molecule has 8 heteroatoms. The van der Waals surface area contributed by atoms with E-state index in [1.54, 1.807) is 29.2 Å². The third kappa shape index (κ3) is 5.88. The van der Waals surface area contributed by atoms with Crippen molar-refractivity contribution in [3.63, 3.8) is 0 Å². The molecule has 0 spiro atoms. The number of hydrogen-bond acceptors (Lipinski definition) is 5. The second-order valence-corrected chi connectivity index (χ2v) is 8.73. The van der Waals surface area contributed by atoms with E-state index >= 15 is 0 Å². The normalized spacial score (nSPS) is 15.6. The summed E-state index contributed by atoms with van der Waals surface area (Å²) in [4.78, 5) is 38.7. The Kier molecular flexibility index (Phi) is 7.90. The first-order valence-electron chi connectivity index (χ1n) is 10.5. The van der Waals surface area contributed by atoms with Crippen molar-refractivity contribution in [2.45, 2.75) is 33.6 Å². The molecule has 1 fully saturated rings. The molecule has 0 radical (unpaired) electrons. The van der Waals surface area contributed by atoms with Crippen molar-refractivity contribution in [2.75, 3.05) is 30.0 Å². The predicted molar refractivity (Wildman–Crippen MR) is 126 cm³/mol. The minimum atomic E-state index is -0.609. The number of nitrogens with one attached hydrogen (secondary N) is 1. The lowest BCUT2D eigenvalue weighted by atomic mass is 10.1. The summed E-state index contributed by atoms with van der Waals surface area (Å²) < 4.78 is 11.7. The summed E-state index contributed by atoms with van der Waals surface area (Å²) in [5.74, 6) is -0.999. The van der Waals surface area contributed by atoms with Gasteiger partial charge in [-0.25, -0.2) is 0 Å². The van der Waals surface area contributed by atoms with Crippen molar-refractivity contribution >= 4 is 45.1 Å². The molecule has 1 atom stereocenters. The maximum Gasteiger partial charge on any atom is 0.311 e. The Morgan fingerprint density at radius 2 is 1.81 bits per heavy atom. The fourth-order valence-electron chi connectivity index (χ4n) is 3.60. The van der Waals surface area contributed by atoms with Crippen LogP contribution in [0.3, 0.4) is 0 Å². The summed E-state index contributed by atoms with van der Waals surface area (Å²) in [6.45, 7) is 6.26. The van der Waals surface area contributed by atoms with Gasteiger partial charge in [-0.05, 0) is 67.8 Å². The third-order valence-corrected chi connectivity index (χ3v) is 5.64. The van der Waals surface area contributed by atoms with Crippen LogP contribution in [0.5, 0.6) is 5.75 Å². The summed E-state index contributed by atoms with van der Waals surface area (Å²) in [6.07, 6.45) is 0.968. The Labute approximate surface area is 196 Å². The van der Waals surface area contributed by atoms with E-state index in [0.29, 0.717) is 18.0 Å². The minimum absolute atomic E-state index is 0.0550. The fourth-order valence-corrected chi connectivity index (χ4v) is 4.28. The van der Waals surface area contributed by atoms with E-state index in [-0.39, 0.29) is 18.9 Å². The first kappa shape index (κ1) is 23.8. The van der Waals surface area contributed by atoms with Crippen molar-refractivity contribution in [1.29, 1.82) is 0 Å². The van der Waals surface area contributed by atoms with Crippen molar-refractivity contribution < 1.29 is 23.9 Å². The highest BCUT2D eigenvalue weighted by Gasteiger charge is 2.36. The molecule has 1 aliphatic heterocycles. The lowest BCUT2D eigenvalue weighted by Crippen LogP contribution is -2.28. The first-order valence-corrected chi connectivity index (χ1v) is 11.3. The molecule has 0 bridgehead atoms. The van der Waals surface area contributed by atoms with Gasteiger partial charge in [0.05, 0.1) is 12.5 Å². The summed E-state index contributed by atoms with van der Waals surface area (Å²) in [5.41, 5.74) is 3.20. The van der Waals surface area contributed by atoms with E-state index in [2.05, 4.69) is 21.2 Å². The Bertz CT molecular complexity index is 983. The molecule has 0 unspecified atom stereocenters. The minimum Gasteiger partial charge on any atom is -0.494 e. The standard InChI is InChI=1S/C24H27BrN2O5/c1-4-9-31-20-7-5-19(6-8-20)27-13-17(12-22(27)29)24(30)32-14-21(28)26-23-15(2)10-18(25)11-16(23)3/h5-8,10-11,17H,4,9,12-14H2,1-3H3,(H,26,28)/t17-/m0/s1. The van der Waals surface area contributed by atoms with E-state index in [1.165, 1.54) is 0 Å². The van der Waals surface area contributed by atoms with E-state index in [1.807, 2.05) is 32.9 Å². The maximum absolute atomic E-state index is 12.5. The van der Waals surface area contributed by atoms with Crippen LogP contribution < -0.4 is 15.0 Å². The highest BCUT2D eigenvalue weighted by molar-refractivity contribution is 9.10. The van der Waals surface area contributed by atoms with Gasteiger partial charge in [0.15, 0.2) is 6.61 Å². The van der Waals surface area contributed by atoms with Gasteiger partial charge in [-0.3, -0.25) is 14.4 Å². The van der Waals surface area contributed by atoms with Crippen LogP contribution in [-0.2, 0) is 19.1 Å². The smallest absolute Gasteiger partial charge is 0.311 e. The molecule has 0 saturated carbocycles. The number of ether oxygens (including phenoxy) is 2. The lowest BCUT2D eigenvalue weighted by molar-refractivity contribution is -0.151. The first-order chi connectivity index (χ1) is 15.3. The van der Waals surface area contributed by atoms with Crippen LogP contribution >= 0.6 is 15.9 Å². The van der Waals surface area contributed by atoms with E-state index in [0.717, 1.165) is 27.8 Å². The van der Waals surface area contributed by atoms with Crippen molar-refractivity contribution in [3.8, 4) is 5.75 Å². The summed E-state index contributed by atoms with van der Waals surface area (Å²) in [7, 11) is 0. The van der Waals surface area contributed by atoms with E-state index < -0.39 is 24.4 Å². The van der Waals surface area contributed by atoms with Crippen LogP contribution in [0.15, 0.2) is 40.9 Å². The molecule has 2 aromatic rings. The van der Waals surface area contributed by atoms with Gasteiger partial charge in [0.1, 0.15) is 5.75 Å². The Hall–Kier alpha value is -2.87. The second kappa shape index (κ2) is 10.6. The average Bonchev–Trinajstić information content (AvgIpc) is 3.15. The molecule has 1 N–H and O–H groups in total. The van der Waals surface area contributed by atoms with Gasteiger partial charge in [-0.1, -0.05) is 22.9 Å². The van der Waals surface area contributed by atoms with Crippen molar-refractivity contribution in [1.82, 2.24) is 0 Å². The third-order valence-electron chi connectivity index (χ3n) is 5.19. The number of amides is 2. The van der Waals surface area contributed by atoms with Gasteiger partial charge < -0.3 is 19.7 Å². The van der Waals surface area contributed by atoms with Crippen LogP contribution in [0.4, 0.5) is 11.4 Å².